The van der Waals surface area contributed by atoms with Crippen LogP contribution < -0.4 is 10.1 Å². The monoisotopic (exact) mass is 489 g/mol. The van der Waals surface area contributed by atoms with Crippen molar-refractivity contribution in [3.05, 3.63) is 89.4 Å². The molecule has 0 bridgehead atoms. The van der Waals surface area contributed by atoms with E-state index in [1.165, 1.54) is 31.4 Å². The third-order valence-electron chi connectivity index (χ3n) is 6.90. The molecular formula is C30H39N3O3. The average Bonchev–Trinajstić information content (AvgIpc) is 3.37. The van der Waals surface area contributed by atoms with Gasteiger partial charge in [0.05, 0.1) is 13.7 Å². The van der Waals surface area contributed by atoms with E-state index < -0.39 is 0 Å². The molecule has 0 radical (unpaired) electrons. The SMILES string of the molecule is COc1cccc(CN(Cc2ccccc2)Cc2ccc(C(=O)NCCCN3CCCCC3C)o2)c1. The number of carbonyl (C=O) groups is 1. The second kappa shape index (κ2) is 13.3. The predicted molar refractivity (Wildman–Crippen MR) is 143 cm³/mol. The number of carbonyl (C=O) groups excluding carboxylic acids is 1. The Kier molecular flexibility index (Phi) is 9.59. The van der Waals surface area contributed by atoms with Gasteiger partial charge in [0.25, 0.3) is 5.91 Å². The first-order chi connectivity index (χ1) is 17.6. The summed E-state index contributed by atoms with van der Waals surface area (Å²) >= 11 is 0. The summed E-state index contributed by atoms with van der Waals surface area (Å²) in [6.45, 7) is 7.28. The maximum Gasteiger partial charge on any atom is 0.286 e. The molecule has 0 spiro atoms. The highest BCUT2D eigenvalue weighted by Crippen LogP contribution is 2.19. The summed E-state index contributed by atoms with van der Waals surface area (Å²) < 4.78 is 11.4. The molecule has 1 saturated heterocycles. The Hall–Kier alpha value is -3.09. The molecule has 1 aromatic heterocycles. The second-order valence-electron chi connectivity index (χ2n) is 9.74. The summed E-state index contributed by atoms with van der Waals surface area (Å²) in [5.41, 5.74) is 2.39. The first kappa shape index (κ1) is 26.0. The van der Waals surface area contributed by atoms with Crippen molar-refractivity contribution in [1.82, 2.24) is 15.1 Å². The quantitative estimate of drug-likeness (QED) is 0.341. The highest BCUT2D eigenvalue weighted by molar-refractivity contribution is 5.91. The minimum atomic E-state index is -0.143. The lowest BCUT2D eigenvalue weighted by Gasteiger charge is -2.33. The number of nitrogens with zero attached hydrogens (tertiary/aromatic N) is 2. The Bertz CT molecular complexity index is 1080. The van der Waals surface area contributed by atoms with Gasteiger partial charge < -0.3 is 19.4 Å². The topological polar surface area (TPSA) is 58.0 Å². The smallest absolute Gasteiger partial charge is 0.286 e. The Morgan fingerprint density at radius 3 is 2.64 bits per heavy atom. The molecule has 6 heteroatoms. The van der Waals surface area contributed by atoms with Crippen molar-refractivity contribution in [3.63, 3.8) is 0 Å². The van der Waals surface area contributed by atoms with Gasteiger partial charge in [0.1, 0.15) is 11.5 Å². The van der Waals surface area contributed by atoms with Crippen LogP contribution >= 0.6 is 0 Å². The predicted octanol–water partition coefficient (Wildman–Crippen LogP) is 5.48. The zero-order chi connectivity index (χ0) is 25.2. The molecule has 36 heavy (non-hydrogen) atoms. The van der Waals surface area contributed by atoms with Gasteiger partial charge in [0.15, 0.2) is 5.76 Å². The highest BCUT2D eigenvalue weighted by Gasteiger charge is 2.18. The largest absolute Gasteiger partial charge is 0.497 e. The van der Waals surface area contributed by atoms with Crippen molar-refractivity contribution < 1.29 is 13.9 Å². The number of nitrogens with one attached hydrogen (secondary N) is 1. The molecule has 1 N–H and O–H groups in total. The molecule has 0 saturated carbocycles. The van der Waals surface area contributed by atoms with Gasteiger partial charge in [0, 0.05) is 32.2 Å². The number of amides is 1. The zero-order valence-corrected chi connectivity index (χ0v) is 21.6. The molecular weight excluding hydrogens is 450 g/mol. The lowest BCUT2D eigenvalue weighted by molar-refractivity contribution is 0.0916. The van der Waals surface area contributed by atoms with Crippen molar-refractivity contribution in [2.75, 3.05) is 26.7 Å². The summed E-state index contributed by atoms with van der Waals surface area (Å²) in [4.78, 5) is 17.5. The standard InChI is InChI=1S/C30H39N3O3/c1-24-10-6-7-18-33(24)19-9-17-31-30(34)29-16-15-28(36-29)23-32(21-25-11-4-3-5-12-25)22-26-13-8-14-27(20-26)35-2/h3-5,8,11-16,20,24H,6-7,9-10,17-19,21-23H2,1-2H3,(H,31,34). The van der Waals surface area contributed by atoms with Crippen molar-refractivity contribution in [3.8, 4) is 5.75 Å². The Morgan fingerprint density at radius 2 is 1.83 bits per heavy atom. The van der Waals surface area contributed by atoms with Crippen molar-refractivity contribution in [2.24, 2.45) is 0 Å². The van der Waals surface area contributed by atoms with Crippen LogP contribution in [0, 0.1) is 0 Å². The Morgan fingerprint density at radius 1 is 1.03 bits per heavy atom. The number of methoxy groups -OCH3 is 1. The van der Waals surface area contributed by atoms with E-state index in [-0.39, 0.29) is 5.91 Å². The number of piperidine rings is 1. The average molecular weight is 490 g/mol. The molecule has 192 valence electrons. The van der Waals surface area contributed by atoms with Gasteiger partial charge in [-0.2, -0.15) is 0 Å². The third-order valence-corrected chi connectivity index (χ3v) is 6.90. The van der Waals surface area contributed by atoms with E-state index in [0.29, 0.717) is 24.9 Å². The second-order valence-corrected chi connectivity index (χ2v) is 9.74. The Labute approximate surface area is 215 Å². The van der Waals surface area contributed by atoms with E-state index in [9.17, 15) is 4.79 Å². The summed E-state index contributed by atoms with van der Waals surface area (Å²) in [7, 11) is 1.68. The minimum absolute atomic E-state index is 0.143. The van der Waals surface area contributed by atoms with E-state index in [4.69, 9.17) is 9.15 Å². The third kappa shape index (κ3) is 7.70. The zero-order valence-electron chi connectivity index (χ0n) is 21.6. The summed E-state index contributed by atoms with van der Waals surface area (Å²) in [5, 5.41) is 3.03. The molecule has 4 rings (SSSR count). The van der Waals surface area contributed by atoms with Gasteiger partial charge >= 0.3 is 0 Å². The van der Waals surface area contributed by atoms with Gasteiger partial charge in [-0.05, 0) is 68.1 Å². The molecule has 6 nitrogen and oxygen atoms in total. The van der Waals surface area contributed by atoms with Crippen LogP contribution in [0.25, 0.3) is 0 Å². The van der Waals surface area contributed by atoms with Gasteiger partial charge in [-0.25, -0.2) is 0 Å². The van der Waals surface area contributed by atoms with Crippen LogP contribution in [-0.2, 0) is 19.6 Å². The fraction of sp³-hybridized carbons (Fsp3) is 0.433. The molecule has 0 aliphatic carbocycles. The van der Waals surface area contributed by atoms with Gasteiger partial charge in [-0.15, -0.1) is 0 Å². The van der Waals surface area contributed by atoms with Gasteiger partial charge in [-0.1, -0.05) is 48.9 Å². The number of hydrogen-bond donors (Lipinski definition) is 1. The molecule has 1 atom stereocenters. The van der Waals surface area contributed by atoms with Crippen LogP contribution in [0.4, 0.5) is 0 Å². The van der Waals surface area contributed by atoms with E-state index >= 15 is 0 Å². The first-order valence-corrected chi connectivity index (χ1v) is 13.1. The summed E-state index contributed by atoms with van der Waals surface area (Å²) in [6.07, 6.45) is 4.85. The van der Waals surface area contributed by atoms with E-state index in [0.717, 1.165) is 43.1 Å². The first-order valence-electron chi connectivity index (χ1n) is 13.1. The molecule has 2 heterocycles. The van der Waals surface area contributed by atoms with Gasteiger partial charge in [0.2, 0.25) is 0 Å². The van der Waals surface area contributed by atoms with Crippen molar-refractivity contribution in [1.29, 1.82) is 0 Å². The summed E-state index contributed by atoms with van der Waals surface area (Å²) in [5.74, 6) is 1.85. The van der Waals surface area contributed by atoms with Gasteiger partial charge in [-0.3, -0.25) is 9.69 Å². The van der Waals surface area contributed by atoms with E-state index in [2.05, 4.69) is 58.4 Å². The number of likely N-dealkylation sites (tertiary alicyclic amines) is 1. The van der Waals surface area contributed by atoms with Crippen LogP contribution in [0.1, 0.15) is 60.0 Å². The maximum atomic E-state index is 12.7. The van der Waals surface area contributed by atoms with Crippen molar-refractivity contribution in [2.45, 2.75) is 58.3 Å². The van der Waals surface area contributed by atoms with E-state index in [1.54, 1.807) is 13.2 Å². The molecule has 1 unspecified atom stereocenters. The highest BCUT2D eigenvalue weighted by atomic mass is 16.5. The molecule has 1 amide bonds. The van der Waals surface area contributed by atoms with Crippen LogP contribution in [0.3, 0.4) is 0 Å². The molecule has 1 aliphatic rings. The number of furan rings is 1. The van der Waals surface area contributed by atoms with E-state index in [1.807, 2.05) is 24.3 Å². The van der Waals surface area contributed by atoms with Crippen LogP contribution in [0.5, 0.6) is 5.75 Å². The minimum Gasteiger partial charge on any atom is -0.497 e. The normalized spacial score (nSPS) is 16.2. The molecule has 3 aromatic rings. The number of rotatable bonds is 12. The molecule has 1 fully saturated rings. The molecule has 1 aliphatic heterocycles. The Balaban J connectivity index is 1.32. The fourth-order valence-corrected chi connectivity index (χ4v) is 4.90. The maximum absolute atomic E-state index is 12.7. The van der Waals surface area contributed by atoms with Crippen LogP contribution in [0.2, 0.25) is 0 Å². The fourth-order valence-electron chi connectivity index (χ4n) is 4.90. The summed E-state index contributed by atoms with van der Waals surface area (Å²) in [6, 6.07) is 22.9. The number of benzene rings is 2. The van der Waals surface area contributed by atoms with Crippen molar-refractivity contribution >= 4 is 5.91 Å². The van der Waals surface area contributed by atoms with Crippen LogP contribution in [-0.4, -0.2) is 48.5 Å². The lowest BCUT2D eigenvalue weighted by Crippen LogP contribution is -2.39. The molecule has 2 aromatic carbocycles. The lowest BCUT2D eigenvalue weighted by atomic mass is 10.0. The number of hydrogen-bond acceptors (Lipinski definition) is 5. The van der Waals surface area contributed by atoms with Crippen LogP contribution in [0.15, 0.2) is 71.1 Å². The number of ether oxygens (including phenoxy) is 1.